The van der Waals surface area contributed by atoms with Gasteiger partial charge in [-0.25, -0.2) is 0 Å². The zero-order chi connectivity index (χ0) is 32.1. The minimum atomic E-state index is -6.10. The normalized spacial score (nSPS) is 12.5. The van der Waals surface area contributed by atoms with Gasteiger partial charge in [-0.2, -0.15) is 31.6 Å². The molecule has 15 heteroatoms. The number of hydrogen-bond donors (Lipinski definition) is 1. The van der Waals surface area contributed by atoms with Crippen LogP contribution < -0.4 is 23.1 Å². The van der Waals surface area contributed by atoms with Crippen molar-refractivity contribution < 1.29 is 44.7 Å². The molecule has 3 rings (SSSR count). The van der Waals surface area contributed by atoms with E-state index >= 15 is 0 Å². The first-order chi connectivity index (χ1) is 19.9. The van der Waals surface area contributed by atoms with Crippen molar-refractivity contribution in [3.05, 3.63) is 54.1 Å². The molecule has 0 aliphatic carbocycles. The quantitative estimate of drug-likeness (QED) is 0.0939. The zero-order valence-corrected chi connectivity index (χ0v) is 26.4. The van der Waals surface area contributed by atoms with E-state index in [1.807, 2.05) is 45.0 Å². The summed E-state index contributed by atoms with van der Waals surface area (Å²) in [6.45, 7) is 11.6. The number of anilines is 1. The van der Waals surface area contributed by atoms with Crippen LogP contribution in [0.4, 0.5) is 19.0 Å². The zero-order valence-electron chi connectivity index (χ0n) is 24.7. The first-order valence-corrected chi connectivity index (χ1v) is 15.2. The molecule has 236 valence electrons. The number of alkyl halides is 3. The van der Waals surface area contributed by atoms with Crippen LogP contribution in [0.1, 0.15) is 47.1 Å². The molecule has 0 atom stereocenters. The molecule has 0 saturated heterocycles. The average molecular weight is 646 g/mol. The van der Waals surface area contributed by atoms with Gasteiger partial charge in [-0.3, -0.25) is 0 Å². The number of ether oxygens (including phenoxy) is 4. The molecular weight excluding hydrogens is 611 g/mol. The van der Waals surface area contributed by atoms with Gasteiger partial charge in [0.1, 0.15) is 6.61 Å². The van der Waals surface area contributed by atoms with Crippen LogP contribution in [0.5, 0.6) is 29.1 Å². The van der Waals surface area contributed by atoms with E-state index in [0.717, 1.165) is 17.5 Å². The molecular formula is C28H34F3N3O7S2. The van der Waals surface area contributed by atoms with Crippen LogP contribution in [0, 0.1) is 0 Å². The summed E-state index contributed by atoms with van der Waals surface area (Å²) in [5.41, 5.74) is -5.23. The van der Waals surface area contributed by atoms with Crippen molar-refractivity contribution >= 4 is 27.9 Å². The highest BCUT2D eigenvalue weighted by Gasteiger charge is 2.49. The van der Waals surface area contributed by atoms with Gasteiger partial charge in [0.05, 0.1) is 19.3 Å². The number of hydrogen-bond acceptors (Lipinski definition) is 11. The van der Waals surface area contributed by atoms with Crippen molar-refractivity contribution in [3.63, 3.8) is 0 Å². The van der Waals surface area contributed by atoms with Crippen LogP contribution in [0.2, 0.25) is 0 Å². The van der Waals surface area contributed by atoms with E-state index in [0.29, 0.717) is 10.6 Å². The summed E-state index contributed by atoms with van der Waals surface area (Å²) in [5, 5.41) is 0. The molecule has 0 aliphatic rings. The van der Waals surface area contributed by atoms with Crippen molar-refractivity contribution in [2.45, 2.75) is 63.0 Å². The molecule has 43 heavy (non-hydrogen) atoms. The molecule has 0 spiro atoms. The van der Waals surface area contributed by atoms with E-state index in [9.17, 15) is 21.6 Å². The summed E-state index contributed by atoms with van der Waals surface area (Å²) in [6.07, 6.45) is 0. The highest BCUT2D eigenvalue weighted by atomic mass is 32.2. The number of halogens is 3. The third-order valence-electron chi connectivity index (χ3n) is 5.41. The smallest absolute Gasteiger partial charge is 0.493 e. The van der Waals surface area contributed by atoms with Gasteiger partial charge in [-0.1, -0.05) is 45.0 Å². The molecule has 0 bridgehead atoms. The molecule has 2 aromatic carbocycles. The summed E-state index contributed by atoms with van der Waals surface area (Å²) >= 11 is 1.04. The molecule has 0 radical (unpaired) electrons. The molecule has 1 aromatic heterocycles. The Morgan fingerprint density at radius 1 is 0.884 bits per heavy atom. The van der Waals surface area contributed by atoms with Gasteiger partial charge in [0.2, 0.25) is 5.75 Å². The predicted octanol–water partition coefficient (Wildman–Crippen LogP) is 7.12. The fourth-order valence-electron chi connectivity index (χ4n) is 3.28. The lowest BCUT2D eigenvalue weighted by Gasteiger charge is -2.21. The Bertz CT molecular complexity index is 1490. The number of aromatic nitrogens is 2. The van der Waals surface area contributed by atoms with Gasteiger partial charge in [0.25, 0.3) is 5.88 Å². The van der Waals surface area contributed by atoms with E-state index in [-0.39, 0.29) is 35.9 Å². The number of para-hydroxylation sites is 2. The maximum absolute atomic E-state index is 13.1. The summed E-state index contributed by atoms with van der Waals surface area (Å²) < 4.78 is 92.9. The minimum absolute atomic E-state index is 0.0658. The fourth-order valence-corrected chi connectivity index (χ4v) is 4.27. The summed E-state index contributed by atoms with van der Waals surface area (Å²) in [7, 11) is -4.67. The predicted molar refractivity (Wildman–Crippen MR) is 157 cm³/mol. The second-order valence-electron chi connectivity index (χ2n) is 11.0. The van der Waals surface area contributed by atoms with Crippen LogP contribution in [-0.4, -0.2) is 49.8 Å². The summed E-state index contributed by atoms with van der Waals surface area (Å²) in [4.78, 5) is 8.42. The lowest BCUT2D eigenvalue weighted by atomic mass is 9.87. The number of nitrogens with zero attached hydrogens (tertiary/aromatic N) is 2. The first kappa shape index (κ1) is 34.1. The van der Waals surface area contributed by atoms with Crippen molar-refractivity contribution in [1.29, 1.82) is 0 Å². The number of nitrogens with one attached hydrogen (secondary N) is 1. The Hall–Kier alpha value is -3.43. The van der Waals surface area contributed by atoms with Crippen molar-refractivity contribution in [2.24, 2.45) is 0 Å². The Balaban J connectivity index is 2.07. The van der Waals surface area contributed by atoms with Crippen LogP contribution in [-0.2, 0) is 20.3 Å². The van der Waals surface area contributed by atoms with Gasteiger partial charge in [-0.15, -0.1) is 0 Å². The average Bonchev–Trinajstić information content (AvgIpc) is 2.90. The largest absolute Gasteiger partial charge is 0.534 e. The highest BCUT2D eigenvalue weighted by Crippen LogP contribution is 2.42. The van der Waals surface area contributed by atoms with E-state index in [2.05, 4.69) is 39.6 Å². The van der Waals surface area contributed by atoms with Gasteiger partial charge >= 0.3 is 21.6 Å². The number of methoxy groups -OCH3 is 1. The second kappa shape index (κ2) is 13.5. The third-order valence-corrected chi connectivity index (χ3v) is 7.14. The van der Waals surface area contributed by atoms with Gasteiger partial charge < -0.3 is 27.9 Å². The molecule has 10 nitrogen and oxygen atoms in total. The van der Waals surface area contributed by atoms with Crippen molar-refractivity contribution in [1.82, 2.24) is 9.97 Å². The Kier molecular flexibility index (Phi) is 10.7. The van der Waals surface area contributed by atoms with Crippen LogP contribution in [0.25, 0.3) is 0 Å². The van der Waals surface area contributed by atoms with Crippen LogP contribution in [0.15, 0.2) is 53.4 Å². The lowest BCUT2D eigenvalue weighted by molar-refractivity contribution is -0.0503. The van der Waals surface area contributed by atoms with Gasteiger partial charge in [-0.05, 0) is 68.0 Å². The summed E-state index contributed by atoms with van der Waals surface area (Å²) in [6, 6.07) is 13.0. The SMILES string of the molecule is COc1ccccc1Oc1c(NSc2ccc(C(C)(C)C)cc2)nc(OS(=O)(=O)C(F)(F)F)nc1OCCOC(C)(C)C. The standard InChI is InChI=1S/C28H34F3N3O7S2/c1-26(2,3)18-12-14-19(15-13-18)42-34-23-22(40-21-11-9-8-10-20(21)37-7)24(38-16-17-39-27(4,5)6)33-25(32-23)41-43(35,36)28(29,30)31/h8-15H,16-17H2,1-7H3,(H,32,33,34). The Labute approximate surface area is 253 Å². The van der Waals surface area contributed by atoms with Crippen molar-refractivity contribution in [3.8, 4) is 29.1 Å². The minimum Gasteiger partial charge on any atom is -0.493 e. The van der Waals surface area contributed by atoms with E-state index < -0.39 is 33.1 Å². The molecule has 1 N–H and O–H groups in total. The van der Waals surface area contributed by atoms with Gasteiger partial charge in [0, 0.05) is 4.90 Å². The van der Waals surface area contributed by atoms with Crippen molar-refractivity contribution in [2.75, 3.05) is 25.0 Å². The molecule has 0 aliphatic heterocycles. The Morgan fingerprint density at radius 3 is 2.07 bits per heavy atom. The molecule has 0 unspecified atom stereocenters. The third kappa shape index (κ3) is 9.79. The van der Waals surface area contributed by atoms with Crippen LogP contribution in [0.3, 0.4) is 0 Å². The van der Waals surface area contributed by atoms with Gasteiger partial charge in [0.15, 0.2) is 17.3 Å². The molecule has 0 amide bonds. The van der Waals surface area contributed by atoms with E-state index in [4.69, 9.17) is 18.9 Å². The first-order valence-electron chi connectivity index (χ1n) is 12.9. The van der Waals surface area contributed by atoms with E-state index in [1.54, 1.807) is 24.3 Å². The molecule has 1 heterocycles. The topological polar surface area (TPSA) is 118 Å². The van der Waals surface area contributed by atoms with Crippen LogP contribution >= 0.6 is 11.9 Å². The fraction of sp³-hybridized carbons (Fsp3) is 0.429. The monoisotopic (exact) mass is 645 g/mol. The Morgan fingerprint density at radius 2 is 1.51 bits per heavy atom. The maximum Gasteiger partial charge on any atom is 0.534 e. The maximum atomic E-state index is 13.1. The molecule has 0 saturated carbocycles. The molecule has 0 fully saturated rings. The lowest BCUT2D eigenvalue weighted by Crippen LogP contribution is -2.29. The van der Waals surface area contributed by atoms with E-state index in [1.165, 1.54) is 7.11 Å². The molecule has 3 aromatic rings. The summed E-state index contributed by atoms with van der Waals surface area (Å²) in [5.74, 6) is -0.290. The number of rotatable bonds is 12. The number of benzene rings is 2. The highest BCUT2D eigenvalue weighted by molar-refractivity contribution is 8.00. The second-order valence-corrected chi connectivity index (χ2v) is 13.4.